The molecule has 2 rings (SSSR count). The lowest BCUT2D eigenvalue weighted by atomic mass is 10.1. The summed E-state index contributed by atoms with van der Waals surface area (Å²) in [5, 5.41) is 0. The Balaban J connectivity index is 2.09. The van der Waals surface area contributed by atoms with E-state index >= 15 is 0 Å². The van der Waals surface area contributed by atoms with Crippen LogP contribution in [0.15, 0.2) is 42.6 Å². The van der Waals surface area contributed by atoms with Crippen molar-refractivity contribution in [3.63, 3.8) is 0 Å². The van der Waals surface area contributed by atoms with Crippen molar-refractivity contribution < 1.29 is 4.74 Å². The normalized spacial score (nSPS) is 10.2. The predicted octanol–water partition coefficient (Wildman–Crippen LogP) is 2.43. The van der Waals surface area contributed by atoms with Crippen LogP contribution in [0, 0.1) is 6.92 Å². The average molecular weight is 228 g/mol. The van der Waals surface area contributed by atoms with E-state index in [0.717, 1.165) is 17.0 Å². The van der Waals surface area contributed by atoms with Crippen molar-refractivity contribution in [2.75, 3.05) is 0 Å². The number of hydrogen-bond donors (Lipinski definition) is 1. The molecule has 0 aliphatic carbocycles. The highest BCUT2D eigenvalue weighted by molar-refractivity contribution is 5.36. The summed E-state index contributed by atoms with van der Waals surface area (Å²) in [6.07, 6.45) is 1.76. The Morgan fingerprint density at radius 3 is 2.82 bits per heavy atom. The highest BCUT2D eigenvalue weighted by Gasteiger charge is 2.03. The monoisotopic (exact) mass is 228 g/mol. The van der Waals surface area contributed by atoms with Gasteiger partial charge in [-0.15, -0.1) is 0 Å². The van der Waals surface area contributed by atoms with Crippen molar-refractivity contribution in [3.8, 4) is 5.75 Å². The van der Waals surface area contributed by atoms with E-state index in [-0.39, 0.29) is 0 Å². The Labute approximate surface area is 101 Å². The highest BCUT2D eigenvalue weighted by atomic mass is 16.5. The molecule has 2 N–H and O–H groups in total. The maximum Gasteiger partial charge on any atom is 0.130 e. The fraction of sp³-hybridized carbons (Fsp3) is 0.214. The molecule has 0 saturated carbocycles. The number of aromatic nitrogens is 1. The van der Waals surface area contributed by atoms with Crippen LogP contribution >= 0.6 is 0 Å². The van der Waals surface area contributed by atoms with Gasteiger partial charge in [0.15, 0.2) is 0 Å². The van der Waals surface area contributed by atoms with Crippen molar-refractivity contribution >= 4 is 0 Å². The van der Waals surface area contributed by atoms with Crippen molar-refractivity contribution in [1.29, 1.82) is 0 Å². The lowest BCUT2D eigenvalue weighted by molar-refractivity contribution is 0.298. The van der Waals surface area contributed by atoms with Crippen LogP contribution in [0.1, 0.15) is 16.8 Å². The van der Waals surface area contributed by atoms with Crippen molar-refractivity contribution in [2.45, 2.75) is 20.1 Å². The van der Waals surface area contributed by atoms with Crippen LogP contribution in [-0.2, 0) is 13.2 Å². The first kappa shape index (κ1) is 11.6. The second kappa shape index (κ2) is 5.46. The van der Waals surface area contributed by atoms with Gasteiger partial charge in [-0.25, -0.2) is 0 Å². The molecule has 0 unspecified atom stereocenters. The van der Waals surface area contributed by atoms with Gasteiger partial charge < -0.3 is 10.5 Å². The van der Waals surface area contributed by atoms with Gasteiger partial charge in [-0.3, -0.25) is 4.98 Å². The Morgan fingerprint density at radius 2 is 2.12 bits per heavy atom. The Bertz CT molecular complexity index is 483. The first-order chi connectivity index (χ1) is 8.29. The third kappa shape index (κ3) is 3.04. The molecule has 0 radical (unpaired) electrons. The fourth-order valence-electron chi connectivity index (χ4n) is 1.64. The maximum absolute atomic E-state index is 5.73. The van der Waals surface area contributed by atoms with Crippen LogP contribution in [0.2, 0.25) is 0 Å². The molecule has 0 fully saturated rings. The molecule has 0 saturated heterocycles. The van der Waals surface area contributed by atoms with Crippen LogP contribution in [0.25, 0.3) is 0 Å². The lowest BCUT2D eigenvalue weighted by Gasteiger charge is -2.10. The molecule has 0 spiro atoms. The molecule has 1 heterocycles. The zero-order valence-corrected chi connectivity index (χ0v) is 9.89. The second-order valence-corrected chi connectivity index (χ2v) is 3.93. The minimum absolute atomic E-state index is 0.469. The topological polar surface area (TPSA) is 48.1 Å². The number of nitrogens with zero attached hydrogens (tertiary/aromatic N) is 1. The summed E-state index contributed by atoms with van der Waals surface area (Å²) in [6, 6.07) is 11.8. The number of pyridine rings is 1. The van der Waals surface area contributed by atoms with E-state index in [1.54, 1.807) is 6.20 Å². The van der Waals surface area contributed by atoms with Crippen molar-refractivity contribution in [3.05, 3.63) is 59.4 Å². The molecular weight excluding hydrogens is 212 g/mol. The molecule has 1 aromatic heterocycles. The van der Waals surface area contributed by atoms with Crippen LogP contribution < -0.4 is 10.5 Å². The van der Waals surface area contributed by atoms with Gasteiger partial charge >= 0.3 is 0 Å². The second-order valence-electron chi connectivity index (χ2n) is 3.93. The van der Waals surface area contributed by atoms with E-state index in [1.165, 1.54) is 5.56 Å². The first-order valence-electron chi connectivity index (χ1n) is 5.62. The molecule has 3 heteroatoms. The van der Waals surface area contributed by atoms with Gasteiger partial charge in [-0.05, 0) is 25.1 Å². The molecule has 0 aliphatic heterocycles. The van der Waals surface area contributed by atoms with Gasteiger partial charge in [-0.1, -0.05) is 23.8 Å². The average Bonchev–Trinajstić information content (AvgIpc) is 2.38. The van der Waals surface area contributed by atoms with Crippen molar-refractivity contribution in [2.24, 2.45) is 5.73 Å². The van der Waals surface area contributed by atoms with Gasteiger partial charge in [-0.2, -0.15) is 0 Å². The van der Waals surface area contributed by atoms with Gasteiger partial charge in [0.2, 0.25) is 0 Å². The molecule has 0 aliphatic rings. The minimum Gasteiger partial charge on any atom is -0.487 e. The maximum atomic E-state index is 5.73. The molecular formula is C14H16N2O. The molecule has 3 nitrogen and oxygen atoms in total. The van der Waals surface area contributed by atoms with Gasteiger partial charge in [0.1, 0.15) is 12.4 Å². The number of rotatable bonds is 4. The Hall–Kier alpha value is -1.87. The van der Waals surface area contributed by atoms with Gasteiger partial charge in [0.05, 0.1) is 5.69 Å². The summed E-state index contributed by atoms with van der Waals surface area (Å²) in [5.74, 6) is 0.837. The third-order valence-electron chi connectivity index (χ3n) is 2.54. The number of hydrogen-bond acceptors (Lipinski definition) is 3. The number of nitrogens with two attached hydrogens (primary N) is 1. The standard InChI is InChI=1S/C14H16N2O/c1-11-5-6-14(12(8-11)9-15)17-10-13-4-2-3-7-16-13/h2-8H,9-10,15H2,1H3. The van der Waals surface area contributed by atoms with E-state index in [1.807, 2.05) is 43.3 Å². The Kier molecular flexibility index (Phi) is 3.73. The number of aryl methyl sites for hydroxylation is 1. The van der Waals surface area contributed by atoms with E-state index in [0.29, 0.717) is 13.2 Å². The smallest absolute Gasteiger partial charge is 0.130 e. The summed E-state index contributed by atoms with van der Waals surface area (Å²) in [5.41, 5.74) is 8.82. The largest absolute Gasteiger partial charge is 0.487 e. The number of benzene rings is 1. The van der Waals surface area contributed by atoms with Gasteiger partial charge in [0.25, 0.3) is 0 Å². The van der Waals surface area contributed by atoms with E-state index < -0.39 is 0 Å². The highest BCUT2D eigenvalue weighted by Crippen LogP contribution is 2.20. The summed E-state index contributed by atoms with van der Waals surface area (Å²) in [6.45, 7) is 3.00. The molecule has 17 heavy (non-hydrogen) atoms. The summed E-state index contributed by atoms with van der Waals surface area (Å²) in [7, 11) is 0. The lowest BCUT2D eigenvalue weighted by Crippen LogP contribution is -2.03. The quantitative estimate of drug-likeness (QED) is 0.874. The SMILES string of the molecule is Cc1ccc(OCc2ccccn2)c(CN)c1. The summed E-state index contributed by atoms with van der Waals surface area (Å²) < 4.78 is 5.73. The van der Waals surface area contributed by atoms with E-state index in [9.17, 15) is 0 Å². The zero-order chi connectivity index (χ0) is 12.1. The molecule has 0 amide bonds. The summed E-state index contributed by atoms with van der Waals surface area (Å²) >= 11 is 0. The predicted molar refractivity (Wildman–Crippen MR) is 67.6 cm³/mol. The van der Waals surface area contributed by atoms with E-state index in [4.69, 9.17) is 10.5 Å². The zero-order valence-electron chi connectivity index (χ0n) is 9.89. The van der Waals surface area contributed by atoms with Crippen LogP contribution in [0.4, 0.5) is 0 Å². The third-order valence-corrected chi connectivity index (χ3v) is 2.54. The van der Waals surface area contributed by atoms with Gasteiger partial charge in [0, 0.05) is 18.3 Å². The van der Waals surface area contributed by atoms with Crippen LogP contribution in [0.5, 0.6) is 5.75 Å². The number of ether oxygens (including phenoxy) is 1. The minimum atomic E-state index is 0.469. The van der Waals surface area contributed by atoms with Crippen molar-refractivity contribution in [1.82, 2.24) is 4.98 Å². The molecule has 0 bridgehead atoms. The van der Waals surface area contributed by atoms with Crippen LogP contribution in [-0.4, -0.2) is 4.98 Å². The molecule has 2 aromatic rings. The van der Waals surface area contributed by atoms with E-state index in [2.05, 4.69) is 4.98 Å². The molecule has 1 aromatic carbocycles. The molecule has 0 atom stereocenters. The molecule has 88 valence electrons. The summed E-state index contributed by atoms with van der Waals surface area (Å²) in [4.78, 5) is 4.21. The first-order valence-corrected chi connectivity index (χ1v) is 5.62. The van der Waals surface area contributed by atoms with Crippen LogP contribution in [0.3, 0.4) is 0 Å². The fourth-order valence-corrected chi connectivity index (χ4v) is 1.64. The Morgan fingerprint density at radius 1 is 1.24 bits per heavy atom.